The number of esters is 1. The molecule has 43 heavy (non-hydrogen) atoms. The minimum atomic E-state index is -4.98. The maximum Gasteiger partial charge on any atom is 0.434 e. The summed E-state index contributed by atoms with van der Waals surface area (Å²) in [5.41, 5.74) is 0.285. The Kier molecular flexibility index (Phi) is 7.57. The minimum absolute atomic E-state index is 0.154. The molecule has 0 bridgehead atoms. The molecule has 5 aromatic rings. The molecule has 0 N–H and O–H groups in total. The quantitative estimate of drug-likeness (QED) is 0.219. The number of thiazole rings is 1. The number of aromatic nitrogens is 2. The number of carbonyl (C=O) groups excluding carboxylic acids is 1. The first kappa shape index (κ1) is 28.7. The lowest BCUT2D eigenvalue weighted by Gasteiger charge is -2.26. The maximum atomic E-state index is 14.4. The van der Waals surface area contributed by atoms with E-state index in [9.17, 15) is 22.8 Å². The molecule has 0 spiro atoms. The molecule has 1 atom stereocenters. The van der Waals surface area contributed by atoms with Crippen molar-refractivity contribution in [2.75, 3.05) is 6.61 Å². The van der Waals surface area contributed by atoms with Crippen LogP contribution in [0.25, 0.3) is 17.0 Å². The van der Waals surface area contributed by atoms with Gasteiger partial charge >= 0.3 is 12.1 Å². The van der Waals surface area contributed by atoms with Gasteiger partial charge in [0.1, 0.15) is 0 Å². The Morgan fingerprint density at radius 1 is 1.05 bits per heavy atom. The van der Waals surface area contributed by atoms with Crippen molar-refractivity contribution in [2.45, 2.75) is 25.7 Å². The average molecular weight is 622 g/mol. The van der Waals surface area contributed by atoms with Crippen molar-refractivity contribution < 1.29 is 22.7 Å². The van der Waals surface area contributed by atoms with E-state index in [0.717, 1.165) is 37.9 Å². The van der Waals surface area contributed by atoms with Crippen LogP contribution in [0.5, 0.6) is 0 Å². The summed E-state index contributed by atoms with van der Waals surface area (Å²) in [4.78, 5) is 30.7. The summed E-state index contributed by atoms with van der Waals surface area (Å²) in [5, 5.41) is 1.22. The maximum absolute atomic E-state index is 14.4. The van der Waals surface area contributed by atoms with Gasteiger partial charge in [0, 0.05) is 34.2 Å². The van der Waals surface area contributed by atoms with Crippen molar-refractivity contribution >= 4 is 45.9 Å². The van der Waals surface area contributed by atoms with E-state index in [0.29, 0.717) is 11.6 Å². The Morgan fingerprint density at radius 3 is 2.44 bits per heavy atom. The van der Waals surface area contributed by atoms with Crippen LogP contribution in [-0.2, 0) is 16.1 Å². The van der Waals surface area contributed by atoms with Crippen molar-refractivity contribution in [3.05, 3.63) is 138 Å². The zero-order valence-electron chi connectivity index (χ0n) is 22.6. The number of ether oxygens (including phenoxy) is 1. The largest absolute Gasteiger partial charge is 0.463 e. The zero-order chi connectivity index (χ0) is 30.3. The Bertz CT molecular complexity index is 2060. The summed E-state index contributed by atoms with van der Waals surface area (Å²) in [7, 11) is 0. The topological polar surface area (TPSA) is 65.6 Å². The van der Waals surface area contributed by atoms with E-state index in [1.807, 2.05) is 60.8 Å². The highest BCUT2D eigenvalue weighted by molar-refractivity contribution is 7.07. The summed E-state index contributed by atoms with van der Waals surface area (Å²) in [6.45, 7) is 1.93. The normalized spacial score (nSPS) is 15.5. The van der Waals surface area contributed by atoms with Gasteiger partial charge in [0.2, 0.25) is 0 Å². The van der Waals surface area contributed by atoms with Gasteiger partial charge in [-0.1, -0.05) is 83.6 Å². The highest BCUT2D eigenvalue weighted by Gasteiger charge is 2.45. The second-order valence-corrected chi connectivity index (χ2v) is 11.3. The Balaban J connectivity index is 1.57. The van der Waals surface area contributed by atoms with Gasteiger partial charge in [-0.05, 0) is 42.3 Å². The fraction of sp³-hybridized carbons (Fsp3) is 0.156. The molecule has 0 saturated heterocycles. The monoisotopic (exact) mass is 621 g/mol. The van der Waals surface area contributed by atoms with Crippen LogP contribution in [0.1, 0.15) is 29.7 Å². The molecule has 2 aromatic heterocycles. The molecular weight excluding hydrogens is 599 g/mol. The minimum Gasteiger partial charge on any atom is -0.463 e. The number of alkyl halides is 3. The Labute approximate surface area is 252 Å². The lowest BCUT2D eigenvalue weighted by Crippen LogP contribution is -2.41. The molecule has 3 aromatic carbocycles. The molecule has 3 heterocycles. The Morgan fingerprint density at radius 2 is 1.74 bits per heavy atom. The third-order valence-electron chi connectivity index (χ3n) is 7.08. The van der Waals surface area contributed by atoms with Crippen molar-refractivity contribution in [3.63, 3.8) is 0 Å². The number of halogens is 4. The van der Waals surface area contributed by atoms with Gasteiger partial charge in [-0.15, -0.1) is 0 Å². The van der Waals surface area contributed by atoms with Crippen LogP contribution < -0.4 is 14.9 Å². The summed E-state index contributed by atoms with van der Waals surface area (Å²) < 4.78 is 51.5. The lowest BCUT2D eigenvalue weighted by atomic mass is 9.95. The highest BCUT2D eigenvalue weighted by atomic mass is 35.5. The number of rotatable bonds is 6. The summed E-state index contributed by atoms with van der Waals surface area (Å²) in [6.07, 6.45) is -1.40. The van der Waals surface area contributed by atoms with E-state index in [1.165, 1.54) is 31.2 Å². The van der Waals surface area contributed by atoms with Crippen molar-refractivity contribution in [1.82, 2.24) is 9.13 Å². The van der Waals surface area contributed by atoms with Gasteiger partial charge in [-0.2, -0.15) is 13.2 Å². The second-order valence-electron chi connectivity index (χ2n) is 9.83. The van der Waals surface area contributed by atoms with Gasteiger partial charge in [0.25, 0.3) is 5.56 Å². The number of para-hydroxylation sites is 1. The van der Waals surface area contributed by atoms with Crippen LogP contribution in [0.4, 0.5) is 13.2 Å². The van der Waals surface area contributed by atoms with Gasteiger partial charge in [0.15, 0.2) is 10.5 Å². The first-order chi connectivity index (χ1) is 20.7. The number of fused-ring (bicyclic) bond motifs is 2. The molecule has 0 aliphatic carbocycles. The molecule has 6 nitrogen and oxygen atoms in total. The fourth-order valence-corrected chi connectivity index (χ4v) is 6.36. The van der Waals surface area contributed by atoms with Crippen molar-refractivity contribution in [1.29, 1.82) is 0 Å². The zero-order valence-corrected chi connectivity index (χ0v) is 24.2. The van der Waals surface area contributed by atoms with E-state index in [4.69, 9.17) is 16.3 Å². The van der Waals surface area contributed by atoms with E-state index in [-0.39, 0.29) is 21.5 Å². The first-order valence-electron chi connectivity index (χ1n) is 13.3. The average Bonchev–Trinajstić information content (AvgIpc) is 3.49. The molecule has 0 amide bonds. The standard InChI is InChI=1S/C32H23ClF3N3O3S/c1-2-42-30(41)26-27(20-12-14-22(33)15-13-20)39-29(40)25(43-31(39)37-28(26)32(34,35)36)16-21-18-38(17-19-8-4-3-5-9-19)24-11-7-6-10-23(21)24/h3-16,18,27H,2,17H2,1H3/b25-16-/t27-/m1/s1. The molecule has 0 saturated carbocycles. The lowest BCUT2D eigenvalue weighted by molar-refractivity contribution is -0.140. The van der Waals surface area contributed by atoms with E-state index < -0.39 is 35.0 Å². The van der Waals surface area contributed by atoms with Crippen LogP contribution in [-0.4, -0.2) is 27.9 Å². The number of nitrogens with zero attached hydrogens (tertiary/aromatic N) is 3. The smallest absolute Gasteiger partial charge is 0.434 e. The van der Waals surface area contributed by atoms with E-state index in [2.05, 4.69) is 9.56 Å². The Hall–Kier alpha value is -4.41. The number of carbonyl (C=O) groups is 1. The molecule has 0 fully saturated rings. The summed E-state index contributed by atoms with van der Waals surface area (Å²) in [6, 6.07) is 22.1. The molecule has 1 aliphatic rings. The van der Waals surface area contributed by atoms with Gasteiger partial charge < -0.3 is 9.30 Å². The molecular formula is C32H23ClF3N3O3S. The SMILES string of the molecule is CCOC(=O)C1=C(C(F)(F)F)N=c2s/c(=C\c3cn(Cc4ccccc4)c4ccccc34)c(=O)n2[C@@H]1c1ccc(Cl)cc1. The first-order valence-corrected chi connectivity index (χ1v) is 14.5. The third-order valence-corrected chi connectivity index (χ3v) is 8.32. The van der Waals surface area contributed by atoms with E-state index >= 15 is 0 Å². The molecule has 218 valence electrons. The number of hydrogen-bond acceptors (Lipinski definition) is 5. The summed E-state index contributed by atoms with van der Waals surface area (Å²) >= 11 is 6.89. The predicted molar refractivity (Wildman–Crippen MR) is 160 cm³/mol. The number of allylic oxidation sites excluding steroid dienone is 1. The van der Waals surface area contributed by atoms with E-state index in [1.54, 1.807) is 6.08 Å². The van der Waals surface area contributed by atoms with Crippen molar-refractivity contribution in [2.24, 2.45) is 4.99 Å². The van der Waals surface area contributed by atoms with Crippen molar-refractivity contribution in [3.8, 4) is 0 Å². The van der Waals surface area contributed by atoms with Gasteiger partial charge in [-0.3, -0.25) is 9.36 Å². The van der Waals surface area contributed by atoms with Gasteiger partial charge in [0.05, 0.1) is 22.8 Å². The fourth-order valence-electron chi connectivity index (χ4n) is 5.24. The van der Waals surface area contributed by atoms with Crippen LogP contribution >= 0.6 is 22.9 Å². The highest BCUT2D eigenvalue weighted by Crippen LogP contribution is 2.38. The molecule has 0 radical (unpaired) electrons. The van der Waals surface area contributed by atoms with Crippen LogP contribution in [0.2, 0.25) is 5.02 Å². The molecule has 0 unspecified atom stereocenters. The predicted octanol–water partition coefficient (Wildman–Crippen LogP) is 6.00. The van der Waals surface area contributed by atoms with Gasteiger partial charge in [-0.25, -0.2) is 9.79 Å². The van der Waals surface area contributed by atoms with Crippen LogP contribution in [0.3, 0.4) is 0 Å². The molecule has 6 rings (SSSR count). The molecule has 1 aliphatic heterocycles. The number of benzene rings is 3. The van der Waals surface area contributed by atoms with Crippen LogP contribution in [0.15, 0.2) is 106 Å². The second kappa shape index (κ2) is 11.3. The number of hydrogen-bond donors (Lipinski definition) is 0. The van der Waals surface area contributed by atoms with Crippen LogP contribution in [0, 0.1) is 0 Å². The third kappa shape index (κ3) is 5.44. The summed E-state index contributed by atoms with van der Waals surface area (Å²) in [5.74, 6) is -1.20. The molecule has 11 heteroatoms.